The quantitative estimate of drug-likeness (QED) is 0.869. The Morgan fingerprint density at radius 1 is 1.28 bits per heavy atom. The van der Waals surface area contributed by atoms with E-state index in [2.05, 4.69) is 41.2 Å². The number of halogens is 1. The highest BCUT2D eigenvalue weighted by Gasteiger charge is 2.24. The molecule has 1 aromatic carbocycles. The smallest absolute Gasteiger partial charge is 0.101 e. The zero-order valence-corrected chi connectivity index (χ0v) is 12.5. The predicted octanol–water partition coefficient (Wildman–Crippen LogP) is 4.56. The van der Waals surface area contributed by atoms with Gasteiger partial charge in [0.2, 0.25) is 0 Å². The molecule has 3 heteroatoms. The second-order valence-electron chi connectivity index (χ2n) is 5.41. The maximum Gasteiger partial charge on any atom is 0.101 e. The van der Waals surface area contributed by atoms with Gasteiger partial charge in [0.25, 0.3) is 0 Å². The van der Waals surface area contributed by atoms with E-state index in [1.165, 1.54) is 19.3 Å². The van der Waals surface area contributed by atoms with Gasteiger partial charge in [0, 0.05) is 10.5 Å². The second kappa shape index (κ2) is 5.75. The zero-order valence-electron chi connectivity index (χ0n) is 10.9. The van der Waals surface area contributed by atoms with E-state index in [4.69, 9.17) is 5.26 Å². The van der Waals surface area contributed by atoms with Crippen LogP contribution in [-0.2, 0) is 0 Å². The lowest BCUT2D eigenvalue weighted by atomic mass is 9.79. The molecule has 0 saturated heterocycles. The van der Waals surface area contributed by atoms with Crippen LogP contribution in [0, 0.1) is 23.2 Å². The molecule has 0 heterocycles. The number of nitrogens with zero attached hydrogens (tertiary/aromatic N) is 1. The molecule has 1 aliphatic rings. The van der Waals surface area contributed by atoms with E-state index in [0.29, 0.717) is 6.04 Å². The number of rotatable bonds is 2. The fraction of sp³-hybridized carbons (Fsp3) is 0.533. The van der Waals surface area contributed by atoms with Gasteiger partial charge in [-0.1, -0.05) is 29.8 Å². The van der Waals surface area contributed by atoms with Crippen LogP contribution in [0.25, 0.3) is 0 Å². The molecular formula is C15H19BrN2. The van der Waals surface area contributed by atoms with Crippen LogP contribution in [0.3, 0.4) is 0 Å². The minimum atomic E-state index is 0.504. The number of nitrogens with one attached hydrogen (secondary N) is 1. The summed E-state index contributed by atoms with van der Waals surface area (Å²) >= 11 is 3.40. The fourth-order valence-electron chi connectivity index (χ4n) is 2.63. The summed E-state index contributed by atoms with van der Waals surface area (Å²) in [6.07, 6.45) is 3.67. The Bertz CT molecular complexity index is 464. The monoisotopic (exact) mass is 306 g/mol. The minimum absolute atomic E-state index is 0.504. The van der Waals surface area contributed by atoms with Gasteiger partial charge < -0.3 is 5.32 Å². The Morgan fingerprint density at radius 2 is 2.06 bits per heavy atom. The van der Waals surface area contributed by atoms with Crippen LogP contribution < -0.4 is 5.32 Å². The molecular weight excluding hydrogens is 288 g/mol. The molecule has 0 radical (unpaired) electrons. The van der Waals surface area contributed by atoms with E-state index in [-0.39, 0.29) is 0 Å². The molecule has 3 unspecified atom stereocenters. The Morgan fingerprint density at radius 3 is 2.72 bits per heavy atom. The van der Waals surface area contributed by atoms with E-state index in [1.807, 2.05) is 18.2 Å². The fourth-order valence-corrected chi connectivity index (χ4v) is 2.99. The van der Waals surface area contributed by atoms with Crippen LogP contribution in [0.2, 0.25) is 0 Å². The molecule has 1 aliphatic carbocycles. The van der Waals surface area contributed by atoms with Crippen LogP contribution in [0.1, 0.15) is 38.7 Å². The molecule has 1 N–H and O–H groups in total. The van der Waals surface area contributed by atoms with Crippen molar-refractivity contribution in [2.45, 2.75) is 39.2 Å². The summed E-state index contributed by atoms with van der Waals surface area (Å²) in [7, 11) is 0. The van der Waals surface area contributed by atoms with E-state index in [1.54, 1.807) is 0 Å². The van der Waals surface area contributed by atoms with Gasteiger partial charge in [-0.2, -0.15) is 5.26 Å². The summed E-state index contributed by atoms with van der Waals surface area (Å²) < 4.78 is 0.954. The van der Waals surface area contributed by atoms with Crippen LogP contribution in [0.5, 0.6) is 0 Å². The van der Waals surface area contributed by atoms with E-state index in [9.17, 15) is 0 Å². The maximum absolute atomic E-state index is 9.16. The lowest BCUT2D eigenvalue weighted by molar-refractivity contribution is 0.261. The number of nitriles is 1. The van der Waals surface area contributed by atoms with Gasteiger partial charge in [-0.05, 0) is 49.3 Å². The van der Waals surface area contributed by atoms with Crippen molar-refractivity contribution >= 4 is 21.6 Å². The first-order valence-electron chi connectivity index (χ1n) is 6.56. The van der Waals surface area contributed by atoms with E-state index >= 15 is 0 Å². The number of benzene rings is 1. The average molecular weight is 307 g/mol. The minimum Gasteiger partial charge on any atom is -0.381 e. The Balaban J connectivity index is 2.08. The van der Waals surface area contributed by atoms with Crippen LogP contribution in [0.15, 0.2) is 22.7 Å². The van der Waals surface area contributed by atoms with Gasteiger partial charge in [-0.25, -0.2) is 0 Å². The molecule has 1 aromatic rings. The molecule has 0 aliphatic heterocycles. The summed E-state index contributed by atoms with van der Waals surface area (Å²) in [5.41, 5.74) is 1.68. The van der Waals surface area contributed by atoms with Crippen molar-refractivity contribution < 1.29 is 0 Å². The molecule has 2 nitrogen and oxygen atoms in total. The standard InChI is InChI=1S/C15H19BrN2/c1-10-3-5-14(7-11(10)2)18-15-6-4-13(16)8-12(15)9-17/h4,6,8,10-11,14,18H,3,5,7H2,1-2H3. The third-order valence-corrected chi connectivity index (χ3v) is 4.55. The Labute approximate surface area is 118 Å². The third-order valence-electron chi connectivity index (χ3n) is 4.06. The normalized spacial score (nSPS) is 27.6. The Kier molecular flexibility index (Phi) is 4.29. The number of anilines is 1. The highest BCUT2D eigenvalue weighted by molar-refractivity contribution is 9.10. The number of hydrogen-bond donors (Lipinski definition) is 1. The van der Waals surface area contributed by atoms with Crippen LogP contribution >= 0.6 is 15.9 Å². The first-order valence-corrected chi connectivity index (χ1v) is 7.35. The molecule has 96 valence electrons. The summed E-state index contributed by atoms with van der Waals surface area (Å²) in [6.45, 7) is 4.66. The van der Waals surface area contributed by atoms with Gasteiger partial charge in [0.15, 0.2) is 0 Å². The van der Waals surface area contributed by atoms with Crippen LogP contribution in [-0.4, -0.2) is 6.04 Å². The predicted molar refractivity (Wildman–Crippen MR) is 78.4 cm³/mol. The van der Waals surface area contributed by atoms with Crippen molar-refractivity contribution in [3.05, 3.63) is 28.2 Å². The molecule has 18 heavy (non-hydrogen) atoms. The third kappa shape index (κ3) is 3.05. The van der Waals surface area contributed by atoms with E-state index in [0.717, 1.165) is 27.6 Å². The highest BCUT2D eigenvalue weighted by Crippen LogP contribution is 2.32. The molecule has 0 amide bonds. The van der Waals surface area contributed by atoms with Gasteiger partial charge in [0.05, 0.1) is 11.3 Å². The Hall–Kier alpha value is -1.01. The molecule has 0 bridgehead atoms. The lowest BCUT2D eigenvalue weighted by Crippen LogP contribution is -2.30. The topological polar surface area (TPSA) is 35.8 Å². The summed E-state index contributed by atoms with van der Waals surface area (Å²) in [5, 5.41) is 12.7. The molecule has 1 fully saturated rings. The van der Waals surface area contributed by atoms with Gasteiger partial charge in [-0.15, -0.1) is 0 Å². The largest absolute Gasteiger partial charge is 0.381 e. The molecule has 0 spiro atoms. The molecule has 2 rings (SSSR count). The van der Waals surface area contributed by atoms with Crippen molar-refractivity contribution in [3.63, 3.8) is 0 Å². The van der Waals surface area contributed by atoms with Crippen molar-refractivity contribution in [2.24, 2.45) is 11.8 Å². The molecule has 3 atom stereocenters. The molecule has 1 saturated carbocycles. The summed E-state index contributed by atoms with van der Waals surface area (Å²) in [6, 6.07) is 8.61. The number of hydrogen-bond acceptors (Lipinski definition) is 2. The molecule has 0 aromatic heterocycles. The first-order chi connectivity index (χ1) is 8.60. The lowest BCUT2D eigenvalue weighted by Gasteiger charge is -2.33. The maximum atomic E-state index is 9.16. The van der Waals surface area contributed by atoms with Crippen molar-refractivity contribution in [1.29, 1.82) is 5.26 Å². The second-order valence-corrected chi connectivity index (χ2v) is 6.33. The SMILES string of the molecule is CC1CCC(Nc2ccc(Br)cc2C#N)CC1C. The van der Waals surface area contributed by atoms with Gasteiger partial charge >= 0.3 is 0 Å². The zero-order chi connectivity index (χ0) is 13.1. The van der Waals surface area contributed by atoms with Crippen molar-refractivity contribution in [2.75, 3.05) is 5.32 Å². The van der Waals surface area contributed by atoms with Crippen molar-refractivity contribution in [1.82, 2.24) is 0 Å². The van der Waals surface area contributed by atoms with Crippen LogP contribution in [0.4, 0.5) is 5.69 Å². The summed E-state index contributed by atoms with van der Waals surface area (Å²) in [4.78, 5) is 0. The van der Waals surface area contributed by atoms with E-state index < -0.39 is 0 Å². The highest BCUT2D eigenvalue weighted by atomic mass is 79.9. The summed E-state index contributed by atoms with van der Waals surface area (Å²) in [5.74, 6) is 1.58. The first kappa shape index (κ1) is 13.4. The van der Waals surface area contributed by atoms with Gasteiger partial charge in [0.1, 0.15) is 6.07 Å². The van der Waals surface area contributed by atoms with Gasteiger partial charge in [-0.3, -0.25) is 0 Å². The van der Waals surface area contributed by atoms with Crippen molar-refractivity contribution in [3.8, 4) is 6.07 Å². The average Bonchev–Trinajstić information content (AvgIpc) is 2.36.